The van der Waals surface area contributed by atoms with Crippen molar-refractivity contribution in [2.75, 3.05) is 6.54 Å². The minimum atomic E-state index is 0.485. The van der Waals surface area contributed by atoms with Crippen molar-refractivity contribution >= 4 is 0 Å². The molecule has 86 valence electrons. The molecular weight excluding hydrogens is 214 g/mol. The Kier molecular flexibility index (Phi) is 3.84. The predicted octanol–water partition coefficient (Wildman–Crippen LogP) is 0.940. The number of pyridine rings is 1. The molecule has 5 nitrogen and oxygen atoms in total. The first-order chi connectivity index (χ1) is 8.40. The van der Waals surface area contributed by atoms with Gasteiger partial charge in [-0.05, 0) is 12.1 Å². The summed E-state index contributed by atoms with van der Waals surface area (Å²) in [6, 6.07) is 7.73. The summed E-state index contributed by atoms with van der Waals surface area (Å²) in [6.45, 7) is 2.27. The normalized spacial score (nSPS) is 10.1. The van der Waals surface area contributed by atoms with Crippen molar-refractivity contribution in [3.63, 3.8) is 0 Å². The van der Waals surface area contributed by atoms with Crippen molar-refractivity contribution in [3.8, 4) is 6.07 Å². The van der Waals surface area contributed by atoms with Crippen LogP contribution in [0.5, 0.6) is 0 Å². The van der Waals surface area contributed by atoms with Gasteiger partial charge in [-0.15, -0.1) is 0 Å². The number of rotatable bonds is 5. The zero-order valence-electron chi connectivity index (χ0n) is 9.37. The van der Waals surface area contributed by atoms with Gasteiger partial charge >= 0.3 is 0 Å². The monoisotopic (exact) mass is 227 g/mol. The summed E-state index contributed by atoms with van der Waals surface area (Å²) in [4.78, 5) is 4.01. The van der Waals surface area contributed by atoms with Crippen LogP contribution in [0.15, 0.2) is 36.8 Å². The maximum atomic E-state index is 8.87. The van der Waals surface area contributed by atoms with Gasteiger partial charge < -0.3 is 5.32 Å². The van der Waals surface area contributed by atoms with Crippen molar-refractivity contribution in [1.82, 2.24) is 20.1 Å². The molecule has 0 saturated carbocycles. The lowest BCUT2D eigenvalue weighted by atomic mass is 10.2. The first-order valence-corrected chi connectivity index (χ1v) is 5.42. The minimum Gasteiger partial charge on any atom is -0.311 e. The molecule has 2 aromatic heterocycles. The lowest BCUT2D eigenvalue weighted by molar-refractivity contribution is 0.554. The summed E-state index contributed by atoms with van der Waals surface area (Å²) in [5.74, 6) is 0. The maximum Gasteiger partial charge on any atom is 0.144 e. The lowest BCUT2D eigenvalue weighted by Gasteiger charge is -2.05. The van der Waals surface area contributed by atoms with Gasteiger partial charge in [-0.3, -0.25) is 4.68 Å². The van der Waals surface area contributed by atoms with Crippen molar-refractivity contribution < 1.29 is 0 Å². The molecule has 0 spiro atoms. The fourth-order valence-electron chi connectivity index (χ4n) is 1.53. The molecule has 0 saturated heterocycles. The molecule has 0 aliphatic carbocycles. The molecule has 0 fully saturated rings. The Balaban J connectivity index is 1.80. The topological polar surface area (TPSA) is 66.5 Å². The van der Waals surface area contributed by atoms with Crippen LogP contribution in [0, 0.1) is 11.3 Å². The van der Waals surface area contributed by atoms with E-state index in [4.69, 9.17) is 5.26 Å². The van der Waals surface area contributed by atoms with Gasteiger partial charge in [0, 0.05) is 37.2 Å². The fraction of sp³-hybridized carbons (Fsp3) is 0.250. The van der Waals surface area contributed by atoms with Crippen molar-refractivity contribution in [1.29, 1.82) is 5.26 Å². The third-order valence-electron chi connectivity index (χ3n) is 2.39. The molecule has 1 N–H and O–H groups in total. The summed E-state index contributed by atoms with van der Waals surface area (Å²) in [6.07, 6.45) is 5.31. The number of hydrogen-bond donors (Lipinski definition) is 1. The van der Waals surface area contributed by atoms with E-state index in [1.54, 1.807) is 12.4 Å². The Morgan fingerprint density at radius 1 is 1.35 bits per heavy atom. The highest BCUT2D eigenvalue weighted by atomic mass is 15.3. The average Bonchev–Trinajstić information content (AvgIpc) is 2.88. The molecule has 0 aliphatic rings. The van der Waals surface area contributed by atoms with Gasteiger partial charge in [-0.25, -0.2) is 4.98 Å². The minimum absolute atomic E-state index is 0.485. The molecule has 0 amide bonds. The Morgan fingerprint density at radius 2 is 2.29 bits per heavy atom. The second-order valence-electron chi connectivity index (χ2n) is 3.57. The molecule has 2 heterocycles. The first-order valence-electron chi connectivity index (χ1n) is 5.42. The Morgan fingerprint density at radius 3 is 3.06 bits per heavy atom. The molecule has 2 rings (SSSR count). The molecular formula is C12H13N5. The van der Waals surface area contributed by atoms with E-state index in [0.717, 1.165) is 18.7 Å². The van der Waals surface area contributed by atoms with Crippen LogP contribution in [0.1, 0.15) is 11.3 Å². The highest BCUT2D eigenvalue weighted by molar-refractivity contribution is 5.30. The quantitative estimate of drug-likeness (QED) is 0.772. The second kappa shape index (κ2) is 5.77. The molecule has 5 heteroatoms. The molecule has 0 bridgehead atoms. The van der Waals surface area contributed by atoms with Crippen LogP contribution < -0.4 is 5.32 Å². The predicted molar refractivity (Wildman–Crippen MR) is 62.9 cm³/mol. The third-order valence-corrected chi connectivity index (χ3v) is 2.39. The van der Waals surface area contributed by atoms with Crippen molar-refractivity contribution in [2.45, 2.75) is 13.1 Å². The first kappa shape index (κ1) is 11.3. The van der Waals surface area contributed by atoms with E-state index in [-0.39, 0.29) is 0 Å². The Hall–Kier alpha value is -2.19. The number of nitriles is 1. The zero-order chi connectivity index (χ0) is 11.9. The van der Waals surface area contributed by atoms with Crippen LogP contribution in [-0.2, 0) is 13.1 Å². The second-order valence-corrected chi connectivity index (χ2v) is 3.57. The molecule has 17 heavy (non-hydrogen) atoms. The Labute approximate surface area is 99.7 Å². The van der Waals surface area contributed by atoms with Gasteiger partial charge in [0.25, 0.3) is 0 Å². The van der Waals surface area contributed by atoms with Crippen LogP contribution in [0.2, 0.25) is 0 Å². The number of nitrogens with one attached hydrogen (secondary N) is 1. The molecule has 0 radical (unpaired) electrons. The SMILES string of the molecule is N#Cc1ncccc1CNCCn1cccn1. The van der Waals surface area contributed by atoms with Crippen molar-refractivity contribution in [2.24, 2.45) is 0 Å². The highest BCUT2D eigenvalue weighted by Crippen LogP contribution is 2.02. The smallest absolute Gasteiger partial charge is 0.144 e. The number of hydrogen-bond acceptors (Lipinski definition) is 4. The molecule has 0 aliphatic heterocycles. The number of nitrogens with zero attached hydrogens (tertiary/aromatic N) is 4. The third kappa shape index (κ3) is 3.13. The van der Waals surface area contributed by atoms with Crippen LogP contribution >= 0.6 is 0 Å². The van der Waals surface area contributed by atoms with Gasteiger partial charge in [0.15, 0.2) is 0 Å². The van der Waals surface area contributed by atoms with Gasteiger partial charge in [-0.1, -0.05) is 6.07 Å². The summed E-state index contributed by atoms with van der Waals surface area (Å²) < 4.78 is 1.86. The summed E-state index contributed by atoms with van der Waals surface area (Å²) in [7, 11) is 0. The van der Waals surface area contributed by atoms with Crippen LogP contribution in [0.4, 0.5) is 0 Å². The van der Waals surface area contributed by atoms with E-state index < -0.39 is 0 Å². The largest absolute Gasteiger partial charge is 0.311 e. The lowest BCUT2D eigenvalue weighted by Crippen LogP contribution is -2.20. The summed E-state index contributed by atoms with van der Waals surface area (Å²) in [5, 5.41) is 16.2. The molecule has 0 aromatic carbocycles. The van der Waals surface area contributed by atoms with E-state index in [1.807, 2.05) is 29.1 Å². The van der Waals surface area contributed by atoms with E-state index in [0.29, 0.717) is 12.2 Å². The van der Waals surface area contributed by atoms with Crippen LogP contribution in [0.25, 0.3) is 0 Å². The van der Waals surface area contributed by atoms with Gasteiger partial charge in [0.1, 0.15) is 11.8 Å². The molecule has 0 unspecified atom stereocenters. The molecule has 0 atom stereocenters. The summed E-state index contributed by atoms with van der Waals surface area (Å²) in [5.41, 5.74) is 1.41. The van der Waals surface area contributed by atoms with E-state index in [1.165, 1.54) is 0 Å². The standard InChI is InChI=1S/C12H13N5/c13-9-12-11(3-1-4-15-12)10-14-6-8-17-7-2-5-16-17/h1-5,7,14H,6,8,10H2. The highest BCUT2D eigenvalue weighted by Gasteiger charge is 2.00. The Bertz CT molecular complexity index is 498. The van der Waals surface area contributed by atoms with Crippen molar-refractivity contribution in [3.05, 3.63) is 48.0 Å². The zero-order valence-corrected chi connectivity index (χ0v) is 9.37. The van der Waals surface area contributed by atoms with E-state index in [2.05, 4.69) is 21.5 Å². The maximum absolute atomic E-state index is 8.87. The van der Waals surface area contributed by atoms with E-state index in [9.17, 15) is 0 Å². The number of aromatic nitrogens is 3. The van der Waals surface area contributed by atoms with Gasteiger partial charge in [0.05, 0.1) is 6.54 Å². The average molecular weight is 227 g/mol. The van der Waals surface area contributed by atoms with Gasteiger partial charge in [-0.2, -0.15) is 10.4 Å². The van der Waals surface area contributed by atoms with Crippen LogP contribution in [-0.4, -0.2) is 21.3 Å². The van der Waals surface area contributed by atoms with Gasteiger partial charge in [0.2, 0.25) is 0 Å². The summed E-state index contributed by atoms with van der Waals surface area (Å²) >= 11 is 0. The fourth-order valence-corrected chi connectivity index (χ4v) is 1.53. The van der Waals surface area contributed by atoms with Crippen LogP contribution in [0.3, 0.4) is 0 Å². The molecule has 2 aromatic rings. The van der Waals surface area contributed by atoms with E-state index >= 15 is 0 Å².